The summed E-state index contributed by atoms with van der Waals surface area (Å²) in [6.07, 6.45) is -0.739. The second kappa shape index (κ2) is 9.27. The second-order valence-electron chi connectivity index (χ2n) is 7.81. The number of carboxylic acid groups (broad SMARTS) is 1. The molecule has 1 aliphatic heterocycles. The zero-order valence-corrected chi connectivity index (χ0v) is 17.2. The van der Waals surface area contributed by atoms with Crippen LogP contribution in [-0.2, 0) is 11.3 Å². The van der Waals surface area contributed by atoms with Gasteiger partial charge in [0.05, 0.1) is 12.1 Å². The number of aliphatic hydroxyl groups excluding tert-OH is 1. The van der Waals surface area contributed by atoms with Crippen molar-refractivity contribution in [2.24, 2.45) is 0 Å². The third kappa shape index (κ3) is 4.52. The number of H-pyrrole nitrogens is 1. The van der Waals surface area contributed by atoms with Crippen LogP contribution in [0.5, 0.6) is 0 Å². The number of likely N-dealkylation sites (tertiary alicyclic amines) is 1. The number of aromatic nitrogens is 1. The summed E-state index contributed by atoms with van der Waals surface area (Å²) in [4.78, 5) is 28.3. The minimum absolute atomic E-state index is 0.0312. The van der Waals surface area contributed by atoms with Gasteiger partial charge in [-0.2, -0.15) is 0 Å². The van der Waals surface area contributed by atoms with E-state index in [1.165, 1.54) is 17.0 Å². The highest BCUT2D eigenvalue weighted by Gasteiger charge is 2.42. The number of amides is 2. The number of aliphatic hydroxyl groups is 1. The molecule has 0 bridgehead atoms. The van der Waals surface area contributed by atoms with E-state index in [-0.39, 0.29) is 19.7 Å². The Labute approximate surface area is 183 Å². The molecule has 4 rings (SSSR count). The molecule has 9 heteroatoms. The first-order valence-corrected chi connectivity index (χ1v) is 10.3. The lowest BCUT2D eigenvalue weighted by Gasteiger charge is -2.32. The molecule has 1 aromatic heterocycles. The fourth-order valence-electron chi connectivity index (χ4n) is 4.32. The Balaban J connectivity index is 1.56. The van der Waals surface area contributed by atoms with Crippen LogP contribution in [-0.4, -0.2) is 57.5 Å². The Hall–Kier alpha value is -3.59. The summed E-state index contributed by atoms with van der Waals surface area (Å²) < 4.78 is 18.9. The number of alkyl carbamates (subject to hydrolysis) is 1. The Morgan fingerprint density at radius 1 is 1.25 bits per heavy atom. The molecule has 0 saturated carbocycles. The van der Waals surface area contributed by atoms with Crippen molar-refractivity contribution in [1.82, 2.24) is 15.2 Å². The van der Waals surface area contributed by atoms with Crippen molar-refractivity contribution >= 4 is 23.1 Å². The van der Waals surface area contributed by atoms with E-state index >= 15 is 0 Å². The number of rotatable bonds is 6. The molecule has 2 aromatic carbocycles. The number of fused-ring (bicyclic) bond motifs is 1. The minimum Gasteiger partial charge on any atom is -0.465 e. The molecule has 168 valence electrons. The van der Waals surface area contributed by atoms with E-state index < -0.39 is 36.1 Å². The molecule has 2 heterocycles. The van der Waals surface area contributed by atoms with Gasteiger partial charge in [-0.15, -0.1) is 0 Å². The van der Waals surface area contributed by atoms with Crippen LogP contribution in [0.25, 0.3) is 10.9 Å². The maximum absolute atomic E-state index is 13.6. The van der Waals surface area contributed by atoms with Crippen molar-refractivity contribution in [3.05, 3.63) is 71.7 Å². The molecule has 4 N–H and O–H groups in total. The summed E-state index contributed by atoms with van der Waals surface area (Å²) in [5.74, 6) is -0.981. The lowest BCUT2D eigenvalue weighted by molar-refractivity contribution is 0.0856. The maximum atomic E-state index is 13.6. The lowest BCUT2D eigenvalue weighted by atomic mass is 9.88. The van der Waals surface area contributed by atoms with Crippen LogP contribution >= 0.6 is 0 Å². The normalized spacial score (nSPS) is 19.1. The Bertz CT molecular complexity index is 1100. The molecule has 0 aliphatic carbocycles. The molecule has 0 radical (unpaired) electrons. The van der Waals surface area contributed by atoms with E-state index in [9.17, 15) is 24.2 Å². The van der Waals surface area contributed by atoms with Crippen molar-refractivity contribution in [3.8, 4) is 0 Å². The topological polar surface area (TPSA) is 115 Å². The highest BCUT2D eigenvalue weighted by atomic mass is 19.1. The van der Waals surface area contributed by atoms with Gasteiger partial charge >= 0.3 is 12.2 Å². The SMILES string of the molecule is O=C(NCC(c1c[nH]c2cc(F)ccc12)C1C(O)CCN1C(=O)O)OCc1ccccc1. The largest absolute Gasteiger partial charge is 0.465 e. The number of nitrogens with one attached hydrogen (secondary N) is 2. The van der Waals surface area contributed by atoms with E-state index in [0.717, 1.165) is 5.56 Å². The maximum Gasteiger partial charge on any atom is 0.407 e. The molecule has 3 unspecified atom stereocenters. The number of hydrogen-bond donors (Lipinski definition) is 4. The van der Waals surface area contributed by atoms with E-state index in [1.54, 1.807) is 12.3 Å². The minimum atomic E-state index is -1.14. The van der Waals surface area contributed by atoms with Crippen molar-refractivity contribution in [2.75, 3.05) is 13.1 Å². The van der Waals surface area contributed by atoms with Crippen molar-refractivity contribution in [1.29, 1.82) is 0 Å². The summed E-state index contributed by atoms with van der Waals surface area (Å²) in [6.45, 7) is 0.313. The Morgan fingerprint density at radius 3 is 2.78 bits per heavy atom. The highest BCUT2D eigenvalue weighted by molar-refractivity contribution is 5.84. The van der Waals surface area contributed by atoms with Gasteiger partial charge in [0.15, 0.2) is 0 Å². The molecule has 32 heavy (non-hydrogen) atoms. The lowest BCUT2D eigenvalue weighted by Crippen LogP contribution is -2.46. The molecule has 1 fully saturated rings. The number of nitrogens with zero attached hydrogens (tertiary/aromatic N) is 1. The van der Waals surface area contributed by atoms with E-state index in [4.69, 9.17) is 4.74 Å². The van der Waals surface area contributed by atoms with E-state index in [2.05, 4.69) is 10.3 Å². The zero-order chi connectivity index (χ0) is 22.7. The molecule has 1 saturated heterocycles. The van der Waals surface area contributed by atoms with Gasteiger partial charge in [0, 0.05) is 36.1 Å². The van der Waals surface area contributed by atoms with Gasteiger partial charge in [-0.25, -0.2) is 14.0 Å². The number of benzene rings is 2. The van der Waals surface area contributed by atoms with Crippen LogP contribution in [0.4, 0.5) is 14.0 Å². The number of carbonyl (C=O) groups excluding carboxylic acids is 1. The molecule has 1 aliphatic rings. The van der Waals surface area contributed by atoms with Crippen LogP contribution in [0.3, 0.4) is 0 Å². The van der Waals surface area contributed by atoms with Crippen molar-refractivity contribution in [3.63, 3.8) is 0 Å². The number of aromatic amines is 1. The van der Waals surface area contributed by atoms with Crippen molar-refractivity contribution in [2.45, 2.75) is 31.1 Å². The molecular formula is C23H24FN3O5. The van der Waals surface area contributed by atoms with Gasteiger partial charge < -0.3 is 30.2 Å². The Morgan fingerprint density at radius 2 is 2.03 bits per heavy atom. The summed E-state index contributed by atoms with van der Waals surface area (Å²) in [7, 11) is 0. The van der Waals surface area contributed by atoms with Crippen molar-refractivity contribution < 1.29 is 28.9 Å². The molecule has 2 amide bonds. The van der Waals surface area contributed by atoms with Gasteiger partial charge in [0.2, 0.25) is 0 Å². The summed E-state index contributed by atoms with van der Waals surface area (Å²) in [6, 6.07) is 12.7. The molecule has 0 spiro atoms. The monoisotopic (exact) mass is 441 g/mol. The van der Waals surface area contributed by atoms with Crippen LogP contribution in [0.15, 0.2) is 54.7 Å². The number of halogens is 1. The third-order valence-corrected chi connectivity index (χ3v) is 5.83. The summed E-state index contributed by atoms with van der Waals surface area (Å²) in [5, 5.41) is 23.6. The first kappa shape index (κ1) is 21.6. The van der Waals surface area contributed by atoms with Gasteiger partial charge in [0.1, 0.15) is 12.4 Å². The second-order valence-corrected chi connectivity index (χ2v) is 7.81. The first-order valence-electron chi connectivity index (χ1n) is 10.3. The number of hydrogen-bond acceptors (Lipinski definition) is 4. The smallest absolute Gasteiger partial charge is 0.407 e. The fraction of sp³-hybridized carbons (Fsp3) is 0.304. The predicted octanol–water partition coefficient (Wildman–Crippen LogP) is 3.43. The van der Waals surface area contributed by atoms with Crippen LogP contribution in [0.1, 0.15) is 23.5 Å². The molecule has 8 nitrogen and oxygen atoms in total. The van der Waals surface area contributed by atoms with E-state index in [1.807, 2.05) is 30.3 Å². The van der Waals surface area contributed by atoms with Gasteiger partial charge in [0.25, 0.3) is 0 Å². The zero-order valence-electron chi connectivity index (χ0n) is 17.2. The van der Waals surface area contributed by atoms with Gasteiger partial charge in [-0.1, -0.05) is 30.3 Å². The number of ether oxygens (including phenoxy) is 1. The van der Waals surface area contributed by atoms with Crippen LogP contribution in [0.2, 0.25) is 0 Å². The fourth-order valence-corrected chi connectivity index (χ4v) is 4.32. The summed E-state index contributed by atoms with van der Waals surface area (Å²) in [5.41, 5.74) is 2.06. The van der Waals surface area contributed by atoms with Gasteiger partial charge in [-0.3, -0.25) is 0 Å². The standard InChI is InChI=1S/C23H24FN3O5/c24-15-6-7-16-17(11-25-19(16)10-15)18(21-20(28)8-9-27(21)23(30)31)12-26-22(29)32-13-14-4-2-1-3-5-14/h1-7,10-11,18,20-21,25,28H,8-9,12-13H2,(H,26,29)(H,30,31). The summed E-state index contributed by atoms with van der Waals surface area (Å²) >= 11 is 0. The van der Waals surface area contributed by atoms with Crippen LogP contribution < -0.4 is 5.32 Å². The molecule has 3 atom stereocenters. The average molecular weight is 441 g/mol. The quantitative estimate of drug-likeness (QED) is 0.468. The average Bonchev–Trinajstić information content (AvgIpc) is 3.37. The first-order chi connectivity index (χ1) is 15.4. The predicted molar refractivity (Wildman–Crippen MR) is 115 cm³/mol. The van der Waals surface area contributed by atoms with Crippen LogP contribution in [0, 0.1) is 5.82 Å². The molecular weight excluding hydrogens is 417 g/mol. The number of carbonyl (C=O) groups is 2. The molecule has 3 aromatic rings. The Kier molecular flexibility index (Phi) is 6.27. The third-order valence-electron chi connectivity index (χ3n) is 5.83. The van der Waals surface area contributed by atoms with Gasteiger partial charge in [-0.05, 0) is 35.7 Å². The highest BCUT2D eigenvalue weighted by Crippen LogP contribution is 2.35. The van der Waals surface area contributed by atoms with E-state index in [0.29, 0.717) is 22.9 Å².